The molecule has 0 aromatic carbocycles. The van der Waals surface area contributed by atoms with Crippen molar-refractivity contribution in [3.63, 3.8) is 0 Å². The molecule has 0 aliphatic carbocycles. The summed E-state index contributed by atoms with van der Waals surface area (Å²) in [6.07, 6.45) is 0. The lowest BCUT2D eigenvalue weighted by Crippen LogP contribution is -2.11. The highest BCUT2D eigenvalue weighted by Gasteiger charge is 2.21. The van der Waals surface area contributed by atoms with Crippen LogP contribution in [0.5, 0.6) is 0 Å². The zero-order valence-corrected chi connectivity index (χ0v) is 12.7. The third-order valence-electron chi connectivity index (χ3n) is 2.58. The summed E-state index contributed by atoms with van der Waals surface area (Å²) in [5, 5.41) is 11.0. The second-order valence-electron chi connectivity index (χ2n) is 3.90. The quantitative estimate of drug-likeness (QED) is 0.910. The first kappa shape index (κ1) is 13.9. The number of hydrogen-bond donors (Lipinski definition) is 2. The Morgan fingerprint density at radius 2 is 2.11 bits per heavy atom. The molecule has 5 nitrogen and oxygen atoms in total. The van der Waals surface area contributed by atoms with Gasteiger partial charge in [0.1, 0.15) is 15.3 Å². The number of nitrogens with two attached hydrogens (primary N) is 1. The molecule has 0 spiro atoms. The van der Waals surface area contributed by atoms with E-state index in [-0.39, 0.29) is 4.21 Å². The van der Waals surface area contributed by atoms with Crippen molar-refractivity contribution in [3.05, 3.63) is 27.5 Å². The lowest BCUT2D eigenvalue weighted by Gasteiger charge is -2.03. The third-order valence-corrected chi connectivity index (χ3v) is 6.64. The van der Waals surface area contributed by atoms with Gasteiger partial charge in [0.2, 0.25) is 0 Å². The molecule has 0 aliphatic heterocycles. The Hall–Kier alpha value is -1.56. The van der Waals surface area contributed by atoms with Crippen LogP contribution in [0.4, 0.5) is 10.7 Å². The van der Waals surface area contributed by atoms with Gasteiger partial charge >= 0.3 is 0 Å². The smallest absolute Gasteiger partial charge is 0.272 e. The molecule has 0 saturated heterocycles. The van der Waals surface area contributed by atoms with Crippen LogP contribution in [0.1, 0.15) is 16.0 Å². The summed E-state index contributed by atoms with van der Waals surface area (Å²) in [5.74, 6) is 0. The Bertz CT molecular complexity index is 766. The second-order valence-corrected chi connectivity index (χ2v) is 7.95. The number of rotatable bonds is 3. The first-order valence-corrected chi connectivity index (χ1v) is 8.40. The van der Waals surface area contributed by atoms with Gasteiger partial charge in [0, 0.05) is 15.9 Å². The minimum Gasteiger partial charge on any atom is -0.398 e. The monoisotopic (exact) mass is 313 g/mol. The van der Waals surface area contributed by atoms with E-state index in [0.717, 1.165) is 21.8 Å². The molecule has 8 heteroatoms. The molecule has 0 atom stereocenters. The lowest BCUT2D eigenvalue weighted by molar-refractivity contribution is 0.603. The Morgan fingerprint density at radius 3 is 2.63 bits per heavy atom. The molecule has 0 radical (unpaired) electrons. The summed E-state index contributed by atoms with van der Waals surface area (Å²) in [7, 11) is -3.68. The number of sulfonamides is 1. The molecule has 2 aromatic heterocycles. The van der Waals surface area contributed by atoms with Gasteiger partial charge in [-0.2, -0.15) is 5.26 Å². The molecule has 0 unspecified atom stereocenters. The highest BCUT2D eigenvalue weighted by molar-refractivity contribution is 7.94. The van der Waals surface area contributed by atoms with Crippen molar-refractivity contribution < 1.29 is 8.42 Å². The zero-order chi connectivity index (χ0) is 14.2. The van der Waals surface area contributed by atoms with Crippen LogP contribution in [0.2, 0.25) is 0 Å². The number of thiophene rings is 2. The van der Waals surface area contributed by atoms with Gasteiger partial charge in [-0.1, -0.05) is 0 Å². The topological polar surface area (TPSA) is 96.0 Å². The molecule has 0 aliphatic rings. The summed E-state index contributed by atoms with van der Waals surface area (Å²) in [6, 6.07) is 3.42. The normalized spacial score (nSPS) is 11.2. The molecule has 0 fully saturated rings. The molecular weight excluding hydrogens is 302 g/mol. The fourth-order valence-electron chi connectivity index (χ4n) is 1.48. The zero-order valence-electron chi connectivity index (χ0n) is 10.2. The van der Waals surface area contributed by atoms with E-state index >= 15 is 0 Å². The Labute approximate surface area is 119 Å². The Kier molecular flexibility index (Phi) is 3.54. The van der Waals surface area contributed by atoms with Gasteiger partial charge in [0.05, 0.1) is 5.56 Å². The van der Waals surface area contributed by atoms with Crippen LogP contribution in [0.3, 0.4) is 0 Å². The van der Waals surface area contributed by atoms with Crippen molar-refractivity contribution in [1.82, 2.24) is 0 Å². The third kappa shape index (κ3) is 2.58. The van der Waals surface area contributed by atoms with Crippen LogP contribution in [-0.4, -0.2) is 8.42 Å². The van der Waals surface area contributed by atoms with Crippen LogP contribution in [0.15, 0.2) is 15.7 Å². The molecular formula is C11H11N3O2S3. The first-order valence-electron chi connectivity index (χ1n) is 5.22. The second kappa shape index (κ2) is 4.85. The van der Waals surface area contributed by atoms with E-state index < -0.39 is 10.0 Å². The fraction of sp³-hybridized carbons (Fsp3) is 0.182. The molecule has 3 N–H and O–H groups in total. The number of anilines is 2. The van der Waals surface area contributed by atoms with Gasteiger partial charge in [0.25, 0.3) is 10.0 Å². The van der Waals surface area contributed by atoms with Crippen molar-refractivity contribution in [2.45, 2.75) is 18.1 Å². The first-order chi connectivity index (χ1) is 8.85. The predicted octanol–water partition coefficient (Wildman–Crippen LogP) is 2.68. The number of hydrogen-bond acceptors (Lipinski definition) is 6. The standard InChI is InChI=1S/C11H11N3O2S3/c1-6-7(2)18-11(9(6)4-12)14-19(15,16)10-3-8(13)5-17-10/h3,5,14H,13H2,1-2H3. The summed E-state index contributed by atoms with van der Waals surface area (Å²) in [6.45, 7) is 3.65. The molecule has 0 amide bonds. The van der Waals surface area contributed by atoms with Crippen molar-refractivity contribution in [1.29, 1.82) is 5.26 Å². The molecule has 2 aromatic rings. The molecule has 100 valence electrons. The molecule has 0 bridgehead atoms. The summed E-state index contributed by atoms with van der Waals surface area (Å²) >= 11 is 2.30. The molecule has 19 heavy (non-hydrogen) atoms. The largest absolute Gasteiger partial charge is 0.398 e. The van der Waals surface area contributed by atoms with Gasteiger partial charge in [0.15, 0.2) is 0 Å². The Morgan fingerprint density at radius 1 is 1.42 bits per heavy atom. The number of nitrogen functional groups attached to an aromatic ring is 1. The molecule has 2 heterocycles. The average Bonchev–Trinajstić information content (AvgIpc) is 2.85. The van der Waals surface area contributed by atoms with Crippen molar-refractivity contribution in [2.75, 3.05) is 10.5 Å². The van der Waals surface area contributed by atoms with Gasteiger partial charge in [-0.3, -0.25) is 4.72 Å². The number of nitrogens with one attached hydrogen (secondary N) is 1. The van der Waals surface area contributed by atoms with Gasteiger partial charge < -0.3 is 5.73 Å². The highest BCUT2D eigenvalue weighted by atomic mass is 32.2. The van der Waals surface area contributed by atoms with E-state index in [1.807, 2.05) is 13.0 Å². The average molecular weight is 313 g/mol. The van der Waals surface area contributed by atoms with E-state index in [1.54, 1.807) is 12.3 Å². The lowest BCUT2D eigenvalue weighted by atomic mass is 10.2. The van der Waals surface area contributed by atoms with Crippen molar-refractivity contribution >= 4 is 43.4 Å². The van der Waals surface area contributed by atoms with Gasteiger partial charge in [-0.25, -0.2) is 8.42 Å². The summed E-state index contributed by atoms with van der Waals surface area (Å²) in [5.41, 5.74) is 7.10. The maximum Gasteiger partial charge on any atom is 0.272 e. The SMILES string of the molecule is Cc1sc(NS(=O)(=O)c2cc(N)cs2)c(C#N)c1C. The van der Waals surface area contributed by atoms with Crippen LogP contribution in [-0.2, 0) is 10.0 Å². The summed E-state index contributed by atoms with van der Waals surface area (Å²) < 4.78 is 26.9. The van der Waals surface area contributed by atoms with E-state index in [0.29, 0.717) is 16.3 Å². The maximum absolute atomic E-state index is 12.1. The van der Waals surface area contributed by atoms with Crippen LogP contribution < -0.4 is 10.5 Å². The van der Waals surface area contributed by atoms with Gasteiger partial charge in [-0.15, -0.1) is 22.7 Å². The van der Waals surface area contributed by atoms with E-state index in [9.17, 15) is 8.42 Å². The number of aryl methyl sites for hydroxylation is 1. The fourth-order valence-corrected chi connectivity index (χ4v) is 4.87. The number of nitriles is 1. The molecule has 2 rings (SSSR count). The minimum absolute atomic E-state index is 0.137. The maximum atomic E-state index is 12.1. The van der Waals surface area contributed by atoms with Crippen molar-refractivity contribution in [3.8, 4) is 6.07 Å². The van der Waals surface area contributed by atoms with Gasteiger partial charge in [-0.05, 0) is 25.5 Å². The number of nitrogens with zero attached hydrogens (tertiary/aromatic N) is 1. The Balaban J connectivity index is 2.42. The molecule has 0 saturated carbocycles. The van der Waals surface area contributed by atoms with E-state index in [2.05, 4.69) is 4.72 Å². The van der Waals surface area contributed by atoms with Crippen LogP contribution in [0, 0.1) is 25.2 Å². The van der Waals surface area contributed by atoms with Crippen molar-refractivity contribution in [2.24, 2.45) is 0 Å². The van der Waals surface area contributed by atoms with E-state index in [4.69, 9.17) is 11.0 Å². The summed E-state index contributed by atoms with van der Waals surface area (Å²) in [4.78, 5) is 0.917. The highest BCUT2D eigenvalue weighted by Crippen LogP contribution is 2.34. The minimum atomic E-state index is -3.68. The van der Waals surface area contributed by atoms with Crippen LogP contribution in [0.25, 0.3) is 0 Å². The van der Waals surface area contributed by atoms with Crippen LogP contribution >= 0.6 is 22.7 Å². The predicted molar refractivity (Wildman–Crippen MR) is 78.0 cm³/mol. The van der Waals surface area contributed by atoms with E-state index in [1.165, 1.54) is 17.4 Å².